The molecular formula is C22H34N4O2. The number of carbonyl (C=O) groups excluding carboxylic acids is 1. The monoisotopic (exact) mass is 386 g/mol. The average molecular weight is 387 g/mol. The van der Waals surface area contributed by atoms with Gasteiger partial charge in [0.05, 0.1) is 18.8 Å². The number of nitrogens with one attached hydrogen (secondary N) is 1. The minimum Gasteiger partial charge on any atom is -0.497 e. The van der Waals surface area contributed by atoms with Gasteiger partial charge in [-0.05, 0) is 56.6 Å². The summed E-state index contributed by atoms with van der Waals surface area (Å²) >= 11 is 0. The van der Waals surface area contributed by atoms with Crippen LogP contribution < -0.4 is 10.1 Å². The van der Waals surface area contributed by atoms with Crippen molar-refractivity contribution in [2.75, 3.05) is 26.7 Å². The smallest absolute Gasteiger partial charge is 0.220 e. The molecule has 1 N–H and O–H groups in total. The molecule has 6 heteroatoms. The van der Waals surface area contributed by atoms with Crippen LogP contribution in [0.5, 0.6) is 5.75 Å². The van der Waals surface area contributed by atoms with Crippen molar-refractivity contribution in [3.8, 4) is 5.75 Å². The molecule has 0 aliphatic heterocycles. The second kappa shape index (κ2) is 10.3. The van der Waals surface area contributed by atoms with Gasteiger partial charge in [-0.15, -0.1) is 0 Å². The first-order chi connectivity index (χ1) is 13.4. The third-order valence-corrected chi connectivity index (χ3v) is 5.49. The molecular weight excluding hydrogens is 352 g/mol. The van der Waals surface area contributed by atoms with Gasteiger partial charge in [0, 0.05) is 25.7 Å². The van der Waals surface area contributed by atoms with Crippen molar-refractivity contribution in [3.05, 3.63) is 46.8 Å². The number of aromatic nitrogens is 2. The molecule has 1 unspecified atom stereocenters. The number of aryl methyl sites for hydroxylation is 2. The van der Waals surface area contributed by atoms with E-state index in [1.165, 1.54) is 5.56 Å². The Morgan fingerprint density at radius 3 is 2.57 bits per heavy atom. The minimum absolute atomic E-state index is 0.0719. The second-order valence-corrected chi connectivity index (χ2v) is 7.09. The maximum atomic E-state index is 12.5. The molecule has 2 aromatic rings. The quantitative estimate of drug-likeness (QED) is 0.681. The van der Waals surface area contributed by atoms with E-state index in [9.17, 15) is 4.79 Å². The van der Waals surface area contributed by atoms with Gasteiger partial charge >= 0.3 is 0 Å². The number of nitrogens with zero attached hydrogens (tertiary/aromatic N) is 3. The molecule has 0 bridgehead atoms. The van der Waals surface area contributed by atoms with E-state index in [0.717, 1.165) is 35.8 Å². The summed E-state index contributed by atoms with van der Waals surface area (Å²) < 4.78 is 7.25. The van der Waals surface area contributed by atoms with Gasteiger partial charge in [-0.3, -0.25) is 14.4 Å². The molecule has 0 fully saturated rings. The molecule has 0 aliphatic rings. The summed E-state index contributed by atoms with van der Waals surface area (Å²) in [6.45, 7) is 10.8. The number of methoxy groups -OCH3 is 1. The maximum absolute atomic E-state index is 12.5. The maximum Gasteiger partial charge on any atom is 0.220 e. The summed E-state index contributed by atoms with van der Waals surface area (Å²) in [7, 11) is 3.62. The highest BCUT2D eigenvalue weighted by molar-refractivity contribution is 5.76. The van der Waals surface area contributed by atoms with Gasteiger partial charge in [-0.1, -0.05) is 26.0 Å². The summed E-state index contributed by atoms with van der Waals surface area (Å²) in [6, 6.07) is 8.22. The van der Waals surface area contributed by atoms with E-state index in [1.54, 1.807) is 7.11 Å². The highest BCUT2D eigenvalue weighted by Gasteiger charge is 2.20. The Bertz CT molecular complexity index is 781. The highest BCUT2D eigenvalue weighted by Crippen LogP contribution is 2.24. The van der Waals surface area contributed by atoms with Crippen molar-refractivity contribution < 1.29 is 9.53 Å². The number of hydrogen-bond acceptors (Lipinski definition) is 4. The molecule has 154 valence electrons. The Kier molecular flexibility index (Phi) is 8.05. The van der Waals surface area contributed by atoms with Gasteiger partial charge in [0.15, 0.2) is 0 Å². The number of benzene rings is 1. The van der Waals surface area contributed by atoms with Crippen molar-refractivity contribution in [1.29, 1.82) is 0 Å². The molecule has 0 spiro atoms. The summed E-state index contributed by atoms with van der Waals surface area (Å²) in [6.07, 6.45) is 1.18. The topological polar surface area (TPSA) is 59.4 Å². The lowest BCUT2D eigenvalue weighted by atomic mass is 10.0. The molecule has 1 atom stereocenters. The fraction of sp³-hybridized carbons (Fsp3) is 0.545. The fourth-order valence-electron chi connectivity index (χ4n) is 3.69. The second-order valence-electron chi connectivity index (χ2n) is 7.09. The van der Waals surface area contributed by atoms with Gasteiger partial charge < -0.3 is 10.1 Å². The van der Waals surface area contributed by atoms with Crippen molar-refractivity contribution in [3.63, 3.8) is 0 Å². The van der Waals surface area contributed by atoms with Gasteiger partial charge in [0.2, 0.25) is 5.91 Å². The average Bonchev–Trinajstić information content (AvgIpc) is 2.94. The Hall–Kier alpha value is -2.34. The number of likely N-dealkylation sites (N-methyl/N-ethyl adjacent to an activating group) is 1. The van der Waals surface area contributed by atoms with Crippen LogP contribution in [0.4, 0.5) is 0 Å². The van der Waals surface area contributed by atoms with Crippen LogP contribution >= 0.6 is 0 Å². The number of ether oxygens (including phenoxy) is 1. The predicted molar refractivity (Wildman–Crippen MR) is 113 cm³/mol. The van der Waals surface area contributed by atoms with Crippen LogP contribution in [0.3, 0.4) is 0 Å². The zero-order chi connectivity index (χ0) is 20.7. The lowest BCUT2D eigenvalue weighted by molar-refractivity contribution is -0.121. The number of amides is 1. The first-order valence-electron chi connectivity index (χ1n) is 10.0. The van der Waals surface area contributed by atoms with Crippen molar-refractivity contribution in [2.24, 2.45) is 7.05 Å². The Labute approximate surface area is 168 Å². The molecule has 1 aromatic heterocycles. The van der Waals surface area contributed by atoms with Crippen LogP contribution in [-0.2, 0) is 18.3 Å². The van der Waals surface area contributed by atoms with Crippen molar-refractivity contribution in [1.82, 2.24) is 20.0 Å². The number of carbonyl (C=O) groups is 1. The van der Waals surface area contributed by atoms with Gasteiger partial charge in [0.1, 0.15) is 5.75 Å². The van der Waals surface area contributed by atoms with Crippen molar-refractivity contribution >= 4 is 5.91 Å². The van der Waals surface area contributed by atoms with E-state index >= 15 is 0 Å². The molecule has 2 rings (SSSR count). The first kappa shape index (κ1) is 22.0. The lowest BCUT2D eigenvalue weighted by Gasteiger charge is -2.30. The third kappa shape index (κ3) is 5.35. The van der Waals surface area contributed by atoms with Gasteiger partial charge in [0.25, 0.3) is 0 Å². The lowest BCUT2D eigenvalue weighted by Crippen LogP contribution is -2.38. The molecule has 0 saturated heterocycles. The van der Waals surface area contributed by atoms with E-state index in [4.69, 9.17) is 4.74 Å². The van der Waals surface area contributed by atoms with Crippen LogP contribution in [0.15, 0.2) is 24.3 Å². The zero-order valence-electron chi connectivity index (χ0n) is 18.1. The number of hydrogen-bond donors (Lipinski definition) is 1. The van der Waals surface area contributed by atoms with E-state index in [2.05, 4.69) is 41.3 Å². The predicted octanol–water partition coefficient (Wildman–Crippen LogP) is 3.18. The minimum atomic E-state index is 0.0719. The van der Waals surface area contributed by atoms with E-state index < -0.39 is 0 Å². The zero-order valence-corrected chi connectivity index (χ0v) is 18.1. The Morgan fingerprint density at radius 2 is 2.00 bits per heavy atom. The van der Waals surface area contributed by atoms with Gasteiger partial charge in [-0.25, -0.2) is 0 Å². The molecule has 6 nitrogen and oxygen atoms in total. The molecule has 0 aliphatic carbocycles. The molecule has 0 saturated carbocycles. The van der Waals surface area contributed by atoms with Crippen LogP contribution in [0.2, 0.25) is 0 Å². The normalized spacial score (nSPS) is 12.2. The largest absolute Gasteiger partial charge is 0.497 e. The molecule has 1 aromatic carbocycles. The molecule has 0 radical (unpaired) electrons. The first-order valence-corrected chi connectivity index (χ1v) is 10.0. The fourth-order valence-corrected chi connectivity index (χ4v) is 3.69. The van der Waals surface area contributed by atoms with Crippen molar-refractivity contribution in [2.45, 2.75) is 46.6 Å². The van der Waals surface area contributed by atoms with E-state index in [0.29, 0.717) is 19.4 Å². The highest BCUT2D eigenvalue weighted by atomic mass is 16.5. The van der Waals surface area contributed by atoms with Crippen LogP contribution in [-0.4, -0.2) is 47.3 Å². The van der Waals surface area contributed by atoms with Gasteiger partial charge in [-0.2, -0.15) is 5.10 Å². The Morgan fingerprint density at radius 1 is 1.29 bits per heavy atom. The van der Waals surface area contributed by atoms with E-state index in [1.807, 2.05) is 37.7 Å². The van der Waals surface area contributed by atoms with Crippen LogP contribution in [0, 0.1) is 13.8 Å². The Balaban J connectivity index is 2.02. The standard InChI is InChI=1S/C22H34N4O2/c1-7-26(8-2)21(18-10-9-11-19(14-18)28-6)15-23-22(27)13-12-20-16(3)24-25(5)17(20)4/h9-11,14,21H,7-8,12-13,15H2,1-6H3,(H,23,27). The number of rotatable bonds is 10. The molecule has 1 amide bonds. The summed E-state index contributed by atoms with van der Waals surface area (Å²) in [4.78, 5) is 14.9. The summed E-state index contributed by atoms with van der Waals surface area (Å²) in [5, 5.41) is 7.57. The molecule has 28 heavy (non-hydrogen) atoms. The molecule has 1 heterocycles. The third-order valence-electron chi connectivity index (χ3n) is 5.49. The summed E-state index contributed by atoms with van der Waals surface area (Å²) in [5.74, 6) is 0.909. The summed E-state index contributed by atoms with van der Waals surface area (Å²) in [5.41, 5.74) is 4.46. The van der Waals surface area contributed by atoms with Crippen LogP contribution in [0.25, 0.3) is 0 Å². The van der Waals surface area contributed by atoms with E-state index in [-0.39, 0.29) is 11.9 Å². The SMILES string of the molecule is CCN(CC)C(CNC(=O)CCc1c(C)nn(C)c1C)c1cccc(OC)c1. The van der Waals surface area contributed by atoms with Crippen LogP contribution in [0.1, 0.15) is 48.8 Å².